The maximum atomic E-state index is 13.4. The third-order valence-electron chi connectivity index (χ3n) is 6.13. The van der Waals surface area contributed by atoms with Crippen LogP contribution in [0.2, 0.25) is 0 Å². The molecule has 1 fully saturated rings. The van der Waals surface area contributed by atoms with Crippen molar-refractivity contribution in [2.75, 3.05) is 30.0 Å². The van der Waals surface area contributed by atoms with Crippen LogP contribution in [0.15, 0.2) is 54.6 Å². The molecule has 1 aliphatic carbocycles. The van der Waals surface area contributed by atoms with E-state index < -0.39 is 9.84 Å². The first-order chi connectivity index (χ1) is 13.9. The fraction of sp³-hybridized carbons (Fsp3) is 0.435. The lowest BCUT2D eigenvalue weighted by atomic mass is 9.87. The monoisotopic (exact) mass is 412 g/mol. The lowest BCUT2D eigenvalue weighted by Crippen LogP contribution is -2.46. The lowest BCUT2D eigenvalue weighted by molar-refractivity contribution is -0.120. The third kappa shape index (κ3) is 4.38. The molecular formula is C23H28N2O3S. The number of aryl methyl sites for hydroxylation is 1. The highest BCUT2D eigenvalue weighted by atomic mass is 32.2. The fourth-order valence-corrected chi connectivity index (χ4v) is 6.41. The van der Waals surface area contributed by atoms with Crippen molar-refractivity contribution in [2.24, 2.45) is 0 Å². The summed E-state index contributed by atoms with van der Waals surface area (Å²) in [5.41, 5.74) is 3.45. The first-order valence-electron chi connectivity index (χ1n) is 10.3. The van der Waals surface area contributed by atoms with Gasteiger partial charge in [-0.15, -0.1) is 0 Å². The van der Waals surface area contributed by atoms with Gasteiger partial charge in [-0.05, 0) is 56.0 Å². The van der Waals surface area contributed by atoms with Crippen LogP contribution in [0.25, 0.3) is 0 Å². The molecule has 0 bridgehead atoms. The largest absolute Gasteiger partial charge is 0.307 e. The second-order valence-corrected chi connectivity index (χ2v) is 10.4. The third-order valence-corrected chi connectivity index (χ3v) is 7.88. The van der Waals surface area contributed by atoms with Crippen molar-refractivity contribution >= 4 is 21.4 Å². The topological polar surface area (TPSA) is 57.7 Å². The summed E-state index contributed by atoms with van der Waals surface area (Å²) in [4.78, 5) is 17.2. The van der Waals surface area contributed by atoms with Crippen LogP contribution in [-0.4, -0.2) is 50.4 Å². The van der Waals surface area contributed by atoms with E-state index in [2.05, 4.69) is 29.2 Å². The highest BCUT2D eigenvalue weighted by molar-refractivity contribution is 7.91. The van der Waals surface area contributed by atoms with Gasteiger partial charge >= 0.3 is 0 Å². The molecule has 6 heteroatoms. The van der Waals surface area contributed by atoms with Gasteiger partial charge in [0.2, 0.25) is 5.91 Å². The van der Waals surface area contributed by atoms with Gasteiger partial charge in [-0.25, -0.2) is 8.42 Å². The highest BCUT2D eigenvalue weighted by Gasteiger charge is 2.36. The van der Waals surface area contributed by atoms with E-state index in [4.69, 9.17) is 0 Å². The van der Waals surface area contributed by atoms with Crippen LogP contribution in [0.5, 0.6) is 0 Å². The maximum absolute atomic E-state index is 13.4. The standard InChI is InChI=1S/C23H28N2O3S/c1-24(22-13-7-9-18-8-5-6-12-21(18)22)16-23(26)25(19-10-3-2-4-11-19)20-14-15-29(27,28)17-20/h2-6,8,10-12,20,22H,7,9,13-17H2,1H3/t20-,22+/m1/s1. The maximum Gasteiger partial charge on any atom is 0.241 e. The van der Waals surface area contributed by atoms with E-state index in [1.165, 1.54) is 11.1 Å². The lowest BCUT2D eigenvalue weighted by Gasteiger charge is -2.35. The Labute approximate surface area is 173 Å². The predicted octanol–water partition coefficient (Wildman–Crippen LogP) is 3.22. The zero-order chi connectivity index (χ0) is 20.4. The Bertz CT molecular complexity index is 975. The summed E-state index contributed by atoms with van der Waals surface area (Å²) in [7, 11) is -1.08. The summed E-state index contributed by atoms with van der Waals surface area (Å²) in [5, 5.41) is 0. The van der Waals surface area contributed by atoms with Crippen LogP contribution >= 0.6 is 0 Å². The molecule has 5 nitrogen and oxygen atoms in total. The Morgan fingerprint density at radius 3 is 2.48 bits per heavy atom. The van der Waals surface area contributed by atoms with Crippen molar-refractivity contribution < 1.29 is 13.2 Å². The zero-order valence-corrected chi connectivity index (χ0v) is 17.6. The van der Waals surface area contributed by atoms with Crippen molar-refractivity contribution in [3.05, 3.63) is 65.7 Å². The van der Waals surface area contributed by atoms with Gasteiger partial charge in [0.1, 0.15) is 0 Å². The minimum atomic E-state index is -3.08. The second kappa shape index (κ2) is 8.28. The summed E-state index contributed by atoms with van der Waals surface area (Å²) in [6, 6.07) is 17.9. The Balaban J connectivity index is 1.56. The molecular weight excluding hydrogens is 384 g/mol. The van der Waals surface area contributed by atoms with Gasteiger partial charge in [0.15, 0.2) is 9.84 Å². The van der Waals surface area contributed by atoms with Crippen LogP contribution < -0.4 is 4.90 Å². The van der Waals surface area contributed by atoms with E-state index in [0.29, 0.717) is 6.42 Å². The average Bonchev–Trinajstić information content (AvgIpc) is 3.07. The number of carbonyl (C=O) groups excluding carboxylic acids is 1. The first kappa shape index (κ1) is 20.1. The van der Waals surface area contributed by atoms with Crippen molar-refractivity contribution in [3.8, 4) is 0 Å². The molecule has 2 aromatic rings. The Kier molecular flexibility index (Phi) is 5.74. The van der Waals surface area contributed by atoms with E-state index in [9.17, 15) is 13.2 Å². The van der Waals surface area contributed by atoms with Crippen LogP contribution in [0.4, 0.5) is 5.69 Å². The number of amides is 1. The molecule has 1 aliphatic heterocycles. The number of nitrogens with zero attached hydrogens (tertiary/aromatic N) is 2. The number of hydrogen-bond donors (Lipinski definition) is 0. The van der Waals surface area contributed by atoms with Crippen molar-refractivity contribution in [2.45, 2.75) is 37.8 Å². The van der Waals surface area contributed by atoms with E-state index in [1.54, 1.807) is 4.90 Å². The number of hydrogen-bond acceptors (Lipinski definition) is 4. The van der Waals surface area contributed by atoms with Crippen LogP contribution in [0, 0.1) is 0 Å². The second-order valence-electron chi connectivity index (χ2n) is 8.18. The van der Waals surface area contributed by atoms with Gasteiger partial charge in [0.25, 0.3) is 0 Å². The average molecular weight is 413 g/mol. The fourth-order valence-electron chi connectivity index (χ4n) is 4.71. The summed E-state index contributed by atoms with van der Waals surface area (Å²) < 4.78 is 24.1. The van der Waals surface area contributed by atoms with Crippen LogP contribution in [0.3, 0.4) is 0 Å². The Morgan fingerprint density at radius 2 is 1.76 bits per heavy atom. The molecule has 0 N–H and O–H groups in total. The molecule has 2 atom stereocenters. The molecule has 1 amide bonds. The van der Waals surface area contributed by atoms with Gasteiger partial charge < -0.3 is 4.90 Å². The van der Waals surface area contributed by atoms with Crippen molar-refractivity contribution in [1.82, 2.24) is 4.90 Å². The minimum absolute atomic E-state index is 0.0381. The van der Waals surface area contributed by atoms with Gasteiger partial charge in [-0.1, -0.05) is 42.5 Å². The van der Waals surface area contributed by atoms with E-state index in [-0.39, 0.29) is 36.0 Å². The molecule has 0 radical (unpaired) electrons. The Morgan fingerprint density at radius 1 is 1.03 bits per heavy atom. The summed E-state index contributed by atoms with van der Waals surface area (Å²) >= 11 is 0. The van der Waals surface area contributed by atoms with Crippen LogP contribution in [-0.2, 0) is 21.1 Å². The summed E-state index contributed by atoms with van der Waals surface area (Å²) in [5.74, 6) is 0.160. The smallest absolute Gasteiger partial charge is 0.241 e. The minimum Gasteiger partial charge on any atom is -0.307 e. The molecule has 29 heavy (non-hydrogen) atoms. The summed E-state index contributed by atoms with van der Waals surface area (Å²) in [6.07, 6.45) is 3.73. The molecule has 0 saturated carbocycles. The molecule has 2 aromatic carbocycles. The molecule has 0 aromatic heterocycles. The molecule has 1 saturated heterocycles. The van der Waals surface area contributed by atoms with E-state index in [1.807, 2.05) is 37.4 Å². The number of anilines is 1. The van der Waals surface area contributed by atoms with Crippen LogP contribution in [0.1, 0.15) is 36.4 Å². The first-order valence-corrected chi connectivity index (χ1v) is 12.1. The molecule has 0 spiro atoms. The highest BCUT2D eigenvalue weighted by Crippen LogP contribution is 2.34. The number of carbonyl (C=O) groups is 1. The van der Waals surface area contributed by atoms with Gasteiger partial charge in [-0.2, -0.15) is 0 Å². The summed E-state index contributed by atoms with van der Waals surface area (Å²) in [6.45, 7) is 0.268. The number of benzene rings is 2. The number of fused-ring (bicyclic) bond motifs is 1. The number of rotatable bonds is 5. The molecule has 0 unspecified atom stereocenters. The van der Waals surface area contributed by atoms with Gasteiger partial charge in [-0.3, -0.25) is 9.69 Å². The SMILES string of the molecule is CN(CC(=O)N(c1ccccc1)[C@@H]1CCS(=O)(=O)C1)[C@H]1CCCc2ccccc21. The number of para-hydroxylation sites is 1. The number of likely N-dealkylation sites (N-methyl/N-ethyl adjacent to an activating group) is 1. The van der Waals surface area contributed by atoms with Gasteiger partial charge in [0, 0.05) is 11.7 Å². The quantitative estimate of drug-likeness (QED) is 0.757. The predicted molar refractivity (Wildman–Crippen MR) is 116 cm³/mol. The van der Waals surface area contributed by atoms with Gasteiger partial charge in [0.05, 0.1) is 24.1 Å². The molecule has 154 valence electrons. The van der Waals surface area contributed by atoms with Crippen molar-refractivity contribution in [1.29, 1.82) is 0 Å². The molecule has 4 rings (SSSR count). The van der Waals surface area contributed by atoms with Crippen molar-refractivity contribution in [3.63, 3.8) is 0 Å². The number of sulfone groups is 1. The normalized spacial score (nSPS) is 23.0. The molecule has 1 heterocycles. The zero-order valence-electron chi connectivity index (χ0n) is 16.8. The van der Waals surface area contributed by atoms with E-state index >= 15 is 0 Å². The Hall–Kier alpha value is -2.18. The molecule has 2 aliphatic rings. The van der Waals surface area contributed by atoms with E-state index in [0.717, 1.165) is 24.9 Å².